The second kappa shape index (κ2) is 4.52. The van der Waals surface area contributed by atoms with Crippen molar-refractivity contribution in [2.75, 3.05) is 0 Å². The second-order valence-corrected chi connectivity index (χ2v) is 4.62. The summed E-state index contributed by atoms with van der Waals surface area (Å²) in [5.74, 6) is 0.409. The van der Waals surface area contributed by atoms with E-state index >= 15 is 0 Å². The molecule has 0 atom stereocenters. The molecule has 2 nitrogen and oxygen atoms in total. The fraction of sp³-hybridized carbons (Fsp3) is 0.0714. The number of fused-ring (bicyclic) bond motifs is 1. The van der Waals surface area contributed by atoms with E-state index in [1.807, 2.05) is 0 Å². The monoisotopic (exact) mass is 297 g/mol. The molecule has 3 aromatic rings. The maximum absolute atomic E-state index is 12.6. The molecule has 0 amide bonds. The molecule has 0 unspecified atom stereocenters. The molecular weight excluding hydrogens is 291 g/mol. The molecule has 3 rings (SSSR count). The Hall–Kier alpha value is -2.01. The predicted octanol–water partition coefficient (Wildman–Crippen LogP) is 5.17. The Balaban J connectivity index is 2.14. The van der Waals surface area contributed by atoms with Crippen molar-refractivity contribution in [1.29, 1.82) is 0 Å². The molecule has 1 aromatic carbocycles. The van der Waals surface area contributed by atoms with Gasteiger partial charge in [-0.2, -0.15) is 13.2 Å². The third-order valence-corrected chi connectivity index (χ3v) is 3.18. The highest BCUT2D eigenvalue weighted by molar-refractivity contribution is 6.33. The molecule has 0 radical (unpaired) electrons. The van der Waals surface area contributed by atoms with Crippen LogP contribution in [0.1, 0.15) is 5.56 Å². The van der Waals surface area contributed by atoms with Gasteiger partial charge in [-0.3, -0.25) is 4.98 Å². The van der Waals surface area contributed by atoms with Gasteiger partial charge >= 0.3 is 6.18 Å². The second-order valence-electron chi connectivity index (χ2n) is 4.22. The lowest BCUT2D eigenvalue weighted by molar-refractivity contribution is -0.137. The van der Waals surface area contributed by atoms with Crippen LogP contribution in [0.4, 0.5) is 13.2 Å². The summed E-state index contributed by atoms with van der Waals surface area (Å²) in [6, 6.07) is 6.52. The predicted molar refractivity (Wildman–Crippen MR) is 69.5 cm³/mol. The highest BCUT2D eigenvalue weighted by Crippen LogP contribution is 2.35. The first-order chi connectivity index (χ1) is 9.45. The van der Waals surface area contributed by atoms with Crippen molar-refractivity contribution < 1.29 is 17.6 Å². The van der Waals surface area contributed by atoms with Gasteiger partial charge in [0.25, 0.3) is 0 Å². The van der Waals surface area contributed by atoms with Crippen LogP contribution in [-0.4, -0.2) is 4.98 Å². The number of hydrogen-bond acceptors (Lipinski definition) is 2. The minimum Gasteiger partial charge on any atom is -0.456 e. The molecule has 0 spiro atoms. The van der Waals surface area contributed by atoms with Crippen LogP contribution in [0.25, 0.3) is 22.3 Å². The van der Waals surface area contributed by atoms with Gasteiger partial charge in [0, 0.05) is 23.3 Å². The van der Waals surface area contributed by atoms with Crippen LogP contribution < -0.4 is 0 Å². The number of nitrogens with zero attached hydrogens (tertiary/aromatic N) is 1. The Morgan fingerprint density at radius 3 is 2.60 bits per heavy atom. The van der Waals surface area contributed by atoms with Crippen LogP contribution >= 0.6 is 11.6 Å². The first-order valence-corrected chi connectivity index (χ1v) is 6.03. The maximum Gasteiger partial charge on any atom is 0.416 e. The van der Waals surface area contributed by atoms with E-state index < -0.39 is 11.7 Å². The lowest BCUT2D eigenvalue weighted by atomic mass is 10.1. The van der Waals surface area contributed by atoms with Crippen molar-refractivity contribution in [3.05, 3.63) is 53.3 Å². The first kappa shape index (κ1) is 13.0. The number of benzene rings is 1. The molecule has 6 heteroatoms. The van der Waals surface area contributed by atoms with E-state index in [0.717, 1.165) is 12.1 Å². The van der Waals surface area contributed by atoms with Gasteiger partial charge in [-0.05, 0) is 30.3 Å². The largest absolute Gasteiger partial charge is 0.456 e. The average Bonchev–Trinajstić information content (AvgIpc) is 2.80. The van der Waals surface area contributed by atoms with Gasteiger partial charge in [0.15, 0.2) is 0 Å². The Morgan fingerprint density at radius 1 is 1.10 bits per heavy atom. The molecule has 2 heterocycles. The van der Waals surface area contributed by atoms with Crippen LogP contribution in [0.5, 0.6) is 0 Å². The van der Waals surface area contributed by atoms with Gasteiger partial charge in [0.2, 0.25) is 0 Å². The lowest BCUT2D eigenvalue weighted by Gasteiger charge is -2.04. The van der Waals surface area contributed by atoms with Crippen molar-refractivity contribution in [3.63, 3.8) is 0 Å². The number of halogens is 4. The maximum atomic E-state index is 12.6. The zero-order chi connectivity index (χ0) is 14.3. The van der Waals surface area contributed by atoms with E-state index in [0.29, 0.717) is 27.3 Å². The quantitative estimate of drug-likeness (QED) is 0.619. The molecular formula is C14H7ClF3NO. The SMILES string of the molecule is FC(F)(F)c1ccc2oc(-c3ccncc3Cl)cc2c1. The molecule has 0 fully saturated rings. The highest BCUT2D eigenvalue weighted by Gasteiger charge is 2.30. The molecule has 0 aliphatic heterocycles. The van der Waals surface area contributed by atoms with Crippen molar-refractivity contribution in [2.24, 2.45) is 0 Å². The zero-order valence-electron chi connectivity index (χ0n) is 9.91. The minimum atomic E-state index is -4.38. The van der Waals surface area contributed by atoms with Gasteiger partial charge in [-0.1, -0.05) is 11.6 Å². The molecule has 102 valence electrons. The Bertz CT molecular complexity index is 779. The lowest BCUT2D eigenvalue weighted by Crippen LogP contribution is -2.03. The van der Waals surface area contributed by atoms with E-state index in [4.69, 9.17) is 16.0 Å². The molecule has 20 heavy (non-hydrogen) atoms. The van der Waals surface area contributed by atoms with Gasteiger partial charge < -0.3 is 4.42 Å². The fourth-order valence-corrected chi connectivity index (χ4v) is 2.14. The summed E-state index contributed by atoms with van der Waals surface area (Å²) < 4.78 is 43.5. The summed E-state index contributed by atoms with van der Waals surface area (Å²) in [5.41, 5.74) is 0.255. The molecule has 0 saturated heterocycles. The minimum absolute atomic E-state index is 0.376. The Labute approximate surface area is 116 Å². The average molecular weight is 298 g/mol. The molecule has 0 N–H and O–H groups in total. The van der Waals surface area contributed by atoms with E-state index in [1.54, 1.807) is 6.07 Å². The first-order valence-electron chi connectivity index (χ1n) is 5.66. The van der Waals surface area contributed by atoms with E-state index in [1.165, 1.54) is 24.5 Å². The number of hydrogen-bond donors (Lipinski definition) is 0. The van der Waals surface area contributed by atoms with E-state index in [2.05, 4.69) is 4.98 Å². The zero-order valence-corrected chi connectivity index (χ0v) is 10.7. The van der Waals surface area contributed by atoms with Gasteiger partial charge in [0.1, 0.15) is 11.3 Å². The number of rotatable bonds is 1. The Morgan fingerprint density at radius 2 is 1.90 bits per heavy atom. The van der Waals surface area contributed by atoms with Gasteiger partial charge in [-0.15, -0.1) is 0 Å². The van der Waals surface area contributed by atoms with Crippen LogP contribution in [0.15, 0.2) is 47.1 Å². The topological polar surface area (TPSA) is 26.0 Å². The van der Waals surface area contributed by atoms with Gasteiger partial charge in [-0.25, -0.2) is 0 Å². The fourth-order valence-electron chi connectivity index (χ4n) is 1.93. The molecule has 2 aromatic heterocycles. The van der Waals surface area contributed by atoms with Gasteiger partial charge in [0.05, 0.1) is 10.6 Å². The summed E-state index contributed by atoms with van der Waals surface area (Å²) in [6.45, 7) is 0. The summed E-state index contributed by atoms with van der Waals surface area (Å²) in [5, 5.41) is 0.755. The summed E-state index contributed by atoms with van der Waals surface area (Å²) in [4.78, 5) is 3.85. The third kappa shape index (κ3) is 2.25. The summed E-state index contributed by atoms with van der Waals surface area (Å²) >= 11 is 5.99. The van der Waals surface area contributed by atoms with Crippen molar-refractivity contribution in [2.45, 2.75) is 6.18 Å². The summed E-state index contributed by atoms with van der Waals surface area (Å²) in [7, 11) is 0. The molecule has 0 aliphatic carbocycles. The van der Waals surface area contributed by atoms with Crippen LogP contribution in [0.2, 0.25) is 5.02 Å². The number of pyridine rings is 1. The third-order valence-electron chi connectivity index (χ3n) is 2.88. The highest BCUT2D eigenvalue weighted by atomic mass is 35.5. The normalized spacial score (nSPS) is 12.0. The molecule has 0 aliphatic rings. The summed E-state index contributed by atoms with van der Waals surface area (Å²) in [6.07, 6.45) is -1.39. The van der Waals surface area contributed by atoms with Crippen LogP contribution in [0, 0.1) is 0 Å². The molecule has 0 bridgehead atoms. The number of aromatic nitrogens is 1. The smallest absolute Gasteiger partial charge is 0.416 e. The van der Waals surface area contributed by atoms with Crippen molar-refractivity contribution in [3.8, 4) is 11.3 Å². The number of alkyl halides is 3. The van der Waals surface area contributed by atoms with Crippen molar-refractivity contribution in [1.82, 2.24) is 4.98 Å². The van der Waals surface area contributed by atoms with E-state index in [-0.39, 0.29) is 0 Å². The van der Waals surface area contributed by atoms with Crippen LogP contribution in [-0.2, 0) is 6.18 Å². The van der Waals surface area contributed by atoms with E-state index in [9.17, 15) is 13.2 Å². The molecule has 0 saturated carbocycles. The van der Waals surface area contributed by atoms with Crippen molar-refractivity contribution >= 4 is 22.6 Å². The standard InChI is InChI=1S/C14H7ClF3NO/c15-11-7-19-4-3-10(11)13-6-8-5-9(14(16,17)18)1-2-12(8)20-13/h1-7H. The number of furan rings is 1. The Kier molecular flexibility index (Phi) is 2.94. The van der Waals surface area contributed by atoms with Crippen LogP contribution in [0.3, 0.4) is 0 Å².